The second-order valence-corrected chi connectivity index (χ2v) is 7.14. The van der Waals surface area contributed by atoms with Gasteiger partial charge < -0.3 is 14.7 Å². The number of hydrogen-bond donors (Lipinski definition) is 1. The van der Waals surface area contributed by atoms with Crippen molar-refractivity contribution in [3.8, 4) is 11.1 Å². The number of nitrogens with zero attached hydrogens (tertiary/aromatic N) is 1. The number of rotatable bonds is 9. The summed E-state index contributed by atoms with van der Waals surface area (Å²) in [5.41, 5.74) is 4.70. The van der Waals surface area contributed by atoms with E-state index >= 15 is 0 Å². The summed E-state index contributed by atoms with van der Waals surface area (Å²) in [7, 11) is 0. The summed E-state index contributed by atoms with van der Waals surface area (Å²) in [6.45, 7) is 3.05. The van der Waals surface area contributed by atoms with Crippen LogP contribution in [0.1, 0.15) is 49.7 Å². The van der Waals surface area contributed by atoms with E-state index in [-0.39, 0.29) is 25.5 Å². The first-order valence-electron chi connectivity index (χ1n) is 9.93. The molecule has 3 rings (SSSR count). The number of unbranched alkanes of at least 4 members (excludes halogenated alkanes) is 2. The molecule has 1 amide bonds. The molecule has 148 valence electrons. The molecule has 1 aliphatic rings. The first kappa shape index (κ1) is 19.9. The molecular formula is C23H27NO4. The van der Waals surface area contributed by atoms with Crippen molar-refractivity contribution in [3.05, 3.63) is 59.7 Å². The van der Waals surface area contributed by atoms with Crippen molar-refractivity contribution < 1.29 is 19.4 Å². The Kier molecular flexibility index (Phi) is 6.69. The molecule has 0 saturated heterocycles. The summed E-state index contributed by atoms with van der Waals surface area (Å²) in [6.07, 6.45) is 2.38. The number of carbonyl (C=O) groups excluding carboxylic acids is 1. The quantitative estimate of drug-likeness (QED) is 0.627. The number of carboxylic acid groups (broad SMARTS) is 1. The molecule has 0 aromatic heterocycles. The molecule has 2 aromatic carbocycles. The predicted octanol–water partition coefficient (Wildman–Crippen LogP) is 4.90. The standard InChI is InChI=1S/C23H27NO4/c1-2-3-8-14-24(15-13-22(25)26)23(27)28-16-21-19-11-6-4-9-17(19)18-10-5-7-12-20(18)21/h4-7,9-12,21H,2-3,8,13-16H2,1H3,(H,25,26). The lowest BCUT2D eigenvalue weighted by atomic mass is 9.98. The Bertz CT molecular complexity index is 787. The highest BCUT2D eigenvalue weighted by Crippen LogP contribution is 2.44. The SMILES string of the molecule is CCCCCN(CCC(=O)O)C(=O)OCC1c2ccccc2-c2ccccc21. The van der Waals surface area contributed by atoms with Gasteiger partial charge in [0.05, 0.1) is 6.42 Å². The zero-order valence-electron chi connectivity index (χ0n) is 16.3. The van der Waals surface area contributed by atoms with Gasteiger partial charge in [0, 0.05) is 19.0 Å². The summed E-state index contributed by atoms with van der Waals surface area (Å²) in [5, 5.41) is 8.96. The minimum absolute atomic E-state index is 0.00770. The molecule has 5 heteroatoms. The smallest absolute Gasteiger partial charge is 0.409 e. The van der Waals surface area contributed by atoms with Gasteiger partial charge in [0.2, 0.25) is 0 Å². The monoisotopic (exact) mass is 381 g/mol. The van der Waals surface area contributed by atoms with Gasteiger partial charge in [-0.15, -0.1) is 0 Å². The Labute approximate surface area is 165 Å². The maximum atomic E-state index is 12.6. The van der Waals surface area contributed by atoms with Gasteiger partial charge in [-0.05, 0) is 28.7 Å². The number of benzene rings is 2. The van der Waals surface area contributed by atoms with Crippen molar-refractivity contribution in [3.63, 3.8) is 0 Å². The number of fused-ring (bicyclic) bond motifs is 3. The maximum absolute atomic E-state index is 12.6. The van der Waals surface area contributed by atoms with E-state index in [9.17, 15) is 9.59 Å². The van der Waals surface area contributed by atoms with Crippen LogP contribution in [-0.2, 0) is 9.53 Å². The molecule has 28 heavy (non-hydrogen) atoms. The third kappa shape index (κ3) is 4.53. The molecule has 0 aliphatic heterocycles. The topological polar surface area (TPSA) is 66.8 Å². The third-order valence-corrected chi connectivity index (χ3v) is 5.22. The average Bonchev–Trinajstić information content (AvgIpc) is 3.02. The summed E-state index contributed by atoms with van der Waals surface area (Å²) in [4.78, 5) is 25.1. The van der Waals surface area contributed by atoms with Crippen LogP contribution in [0.5, 0.6) is 0 Å². The predicted molar refractivity (Wildman–Crippen MR) is 108 cm³/mol. The second kappa shape index (κ2) is 9.40. The number of carbonyl (C=O) groups is 2. The Hall–Kier alpha value is -2.82. The number of aliphatic carboxylic acids is 1. The van der Waals surface area contributed by atoms with Crippen molar-refractivity contribution in [2.24, 2.45) is 0 Å². The Balaban J connectivity index is 1.69. The Morgan fingerprint density at radius 3 is 2.14 bits per heavy atom. The fourth-order valence-electron chi connectivity index (χ4n) is 3.76. The van der Waals surface area contributed by atoms with Crippen LogP contribution in [-0.4, -0.2) is 41.8 Å². The van der Waals surface area contributed by atoms with Crippen molar-refractivity contribution >= 4 is 12.1 Å². The van der Waals surface area contributed by atoms with Gasteiger partial charge in [0.15, 0.2) is 0 Å². The van der Waals surface area contributed by atoms with Crippen LogP contribution in [0.2, 0.25) is 0 Å². The van der Waals surface area contributed by atoms with E-state index in [1.165, 1.54) is 27.2 Å². The first-order chi connectivity index (χ1) is 13.6. The van der Waals surface area contributed by atoms with Gasteiger partial charge in [-0.3, -0.25) is 4.79 Å². The highest BCUT2D eigenvalue weighted by Gasteiger charge is 2.29. The second-order valence-electron chi connectivity index (χ2n) is 7.14. The molecule has 2 aromatic rings. The number of carboxylic acids is 1. The van der Waals surface area contributed by atoms with E-state index in [0.29, 0.717) is 6.54 Å². The van der Waals surface area contributed by atoms with Gasteiger partial charge >= 0.3 is 12.1 Å². The fraction of sp³-hybridized carbons (Fsp3) is 0.391. The Morgan fingerprint density at radius 2 is 1.57 bits per heavy atom. The van der Waals surface area contributed by atoms with E-state index in [2.05, 4.69) is 31.2 Å². The van der Waals surface area contributed by atoms with Gasteiger partial charge in [0.25, 0.3) is 0 Å². The zero-order valence-corrected chi connectivity index (χ0v) is 16.3. The highest BCUT2D eigenvalue weighted by atomic mass is 16.6. The number of hydrogen-bond acceptors (Lipinski definition) is 3. The van der Waals surface area contributed by atoms with Crippen molar-refractivity contribution in [2.75, 3.05) is 19.7 Å². The Morgan fingerprint density at radius 1 is 0.964 bits per heavy atom. The first-order valence-corrected chi connectivity index (χ1v) is 9.93. The lowest BCUT2D eigenvalue weighted by Gasteiger charge is -2.23. The van der Waals surface area contributed by atoms with Crippen LogP contribution in [0, 0.1) is 0 Å². The molecule has 0 unspecified atom stereocenters. The molecule has 0 fully saturated rings. The van der Waals surface area contributed by atoms with Gasteiger partial charge in [-0.25, -0.2) is 4.79 Å². The van der Waals surface area contributed by atoms with E-state index in [1.807, 2.05) is 24.3 Å². The van der Waals surface area contributed by atoms with Gasteiger partial charge in [-0.1, -0.05) is 68.3 Å². The molecule has 5 nitrogen and oxygen atoms in total. The molecule has 0 saturated carbocycles. The summed E-state index contributed by atoms with van der Waals surface area (Å²) < 4.78 is 5.66. The summed E-state index contributed by atoms with van der Waals surface area (Å²) >= 11 is 0. The molecule has 0 spiro atoms. The molecule has 0 bridgehead atoms. The number of amides is 1. The van der Waals surface area contributed by atoms with E-state index in [0.717, 1.165) is 19.3 Å². The molecule has 0 atom stereocenters. The minimum Gasteiger partial charge on any atom is -0.481 e. The normalized spacial score (nSPS) is 12.3. The minimum atomic E-state index is -0.910. The summed E-state index contributed by atoms with van der Waals surface area (Å²) in [6, 6.07) is 16.4. The van der Waals surface area contributed by atoms with Crippen LogP contribution in [0.15, 0.2) is 48.5 Å². The zero-order chi connectivity index (χ0) is 19.9. The van der Waals surface area contributed by atoms with Crippen LogP contribution in [0.25, 0.3) is 11.1 Å². The van der Waals surface area contributed by atoms with Crippen molar-refractivity contribution in [2.45, 2.75) is 38.5 Å². The average molecular weight is 381 g/mol. The molecule has 1 aliphatic carbocycles. The molecular weight excluding hydrogens is 354 g/mol. The van der Waals surface area contributed by atoms with E-state index in [1.54, 1.807) is 0 Å². The fourth-order valence-corrected chi connectivity index (χ4v) is 3.76. The van der Waals surface area contributed by atoms with Crippen molar-refractivity contribution in [1.29, 1.82) is 0 Å². The van der Waals surface area contributed by atoms with Crippen LogP contribution in [0.4, 0.5) is 4.79 Å². The summed E-state index contributed by atoms with van der Waals surface area (Å²) in [5.74, 6) is -0.903. The number of ether oxygens (including phenoxy) is 1. The molecule has 1 N–H and O–H groups in total. The maximum Gasteiger partial charge on any atom is 0.409 e. The third-order valence-electron chi connectivity index (χ3n) is 5.22. The van der Waals surface area contributed by atoms with Gasteiger partial charge in [-0.2, -0.15) is 0 Å². The van der Waals surface area contributed by atoms with Crippen LogP contribution >= 0.6 is 0 Å². The van der Waals surface area contributed by atoms with E-state index in [4.69, 9.17) is 9.84 Å². The highest BCUT2D eigenvalue weighted by molar-refractivity contribution is 5.79. The lowest BCUT2D eigenvalue weighted by molar-refractivity contribution is -0.137. The van der Waals surface area contributed by atoms with E-state index < -0.39 is 12.1 Å². The molecule has 0 radical (unpaired) electrons. The lowest BCUT2D eigenvalue weighted by Crippen LogP contribution is -2.35. The van der Waals surface area contributed by atoms with Crippen LogP contribution < -0.4 is 0 Å². The van der Waals surface area contributed by atoms with Gasteiger partial charge in [0.1, 0.15) is 6.61 Å². The molecule has 0 heterocycles. The van der Waals surface area contributed by atoms with Crippen molar-refractivity contribution in [1.82, 2.24) is 4.90 Å². The largest absolute Gasteiger partial charge is 0.481 e. The van der Waals surface area contributed by atoms with Crippen LogP contribution in [0.3, 0.4) is 0 Å².